The molecular weight excluding hydrogens is 245 g/mol. The van der Waals surface area contributed by atoms with E-state index in [1.165, 1.54) is 12.3 Å². The molecular formula is C12H15F3N2O. The zero-order valence-electron chi connectivity index (χ0n) is 9.83. The molecule has 1 saturated heterocycles. The molecule has 2 heterocycles. The fraction of sp³-hybridized carbons (Fsp3) is 0.583. The molecule has 0 amide bonds. The number of nitrogens with zero attached hydrogens (tertiary/aromatic N) is 1. The van der Waals surface area contributed by atoms with Crippen LogP contribution >= 0.6 is 0 Å². The van der Waals surface area contributed by atoms with Crippen molar-refractivity contribution in [3.8, 4) is 5.75 Å². The third-order valence-electron chi connectivity index (χ3n) is 3.02. The molecule has 18 heavy (non-hydrogen) atoms. The van der Waals surface area contributed by atoms with Crippen LogP contribution in [-0.4, -0.2) is 24.7 Å². The van der Waals surface area contributed by atoms with Gasteiger partial charge < -0.3 is 10.1 Å². The summed E-state index contributed by atoms with van der Waals surface area (Å²) in [6, 6.07) is 1.27. The summed E-state index contributed by atoms with van der Waals surface area (Å²) in [5, 5.41) is 3.20. The number of rotatable bonds is 3. The van der Waals surface area contributed by atoms with Crippen LogP contribution in [0, 0.1) is 5.92 Å². The smallest absolute Gasteiger partial charge is 0.421 e. The molecule has 0 aromatic carbocycles. The molecule has 0 saturated carbocycles. The average Bonchev–Trinajstić information content (AvgIpc) is 2.37. The normalized spacial score (nSPS) is 17.7. The van der Waals surface area contributed by atoms with Crippen LogP contribution in [0.15, 0.2) is 18.5 Å². The van der Waals surface area contributed by atoms with Crippen molar-refractivity contribution >= 4 is 0 Å². The zero-order chi connectivity index (χ0) is 13.0. The van der Waals surface area contributed by atoms with E-state index in [0.717, 1.165) is 32.1 Å². The van der Waals surface area contributed by atoms with Gasteiger partial charge in [0.05, 0.1) is 6.61 Å². The van der Waals surface area contributed by atoms with Gasteiger partial charge in [0, 0.05) is 12.4 Å². The van der Waals surface area contributed by atoms with Crippen LogP contribution in [-0.2, 0) is 6.18 Å². The first-order valence-corrected chi connectivity index (χ1v) is 5.92. The van der Waals surface area contributed by atoms with Crippen molar-refractivity contribution in [2.24, 2.45) is 5.92 Å². The van der Waals surface area contributed by atoms with Crippen molar-refractivity contribution in [2.75, 3.05) is 19.7 Å². The Morgan fingerprint density at radius 1 is 1.33 bits per heavy atom. The van der Waals surface area contributed by atoms with Gasteiger partial charge in [-0.25, -0.2) is 0 Å². The van der Waals surface area contributed by atoms with Crippen molar-refractivity contribution in [1.29, 1.82) is 0 Å². The molecule has 6 heteroatoms. The lowest BCUT2D eigenvalue weighted by atomic mass is 9.99. The van der Waals surface area contributed by atoms with Gasteiger partial charge in [0.2, 0.25) is 0 Å². The summed E-state index contributed by atoms with van der Waals surface area (Å²) in [5.74, 6) is 0.191. The van der Waals surface area contributed by atoms with Crippen molar-refractivity contribution in [3.05, 3.63) is 24.0 Å². The highest BCUT2D eigenvalue weighted by atomic mass is 19.4. The molecule has 100 valence electrons. The highest BCUT2D eigenvalue weighted by molar-refractivity contribution is 5.32. The van der Waals surface area contributed by atoms with Crippen LogP contribution in [0.4, 0.5) is 13.2 Å². The molecule has 0 unspecified atom stereocenters. The monoisotopic (exact) mass is 260 g/mol. The highest BCUT2D eigenvalue weighted by Crippen LogP contribution is 2.35. The lowest BCUT2D eigenvalue weighted by Gasteiger charge is -2.23. The Morgan fingerprint density at radius 2 is 2.06 bits per heavy atom. The summed E-state index contributed by atoms with van der Waals surface area (Å²) in [4.78, 5) is 3.50. The summed E-state index contributed by atoms with van der Waals surface area (Å²) in [5.41, 5.74) is -0.807. The maximum Gasteiger partial charge on any atom is 0.421 e. The first-order chi connectivity index (χ1) is 8.57. The minimum atomic E-state index is -4.42. The molecule has 0 spiro atoms. The van der Waals surface area contributed by atoms with Gasteiger partial charge in [0.25, 0.3) is 0 Å². The van der Waals surface area contributed by atoms with E-state index < -0.39 is 11.7 Å². The number of hydrogen-bond donors (Lipinski definition) is 1. The maximum absolute atomic E-state index is 12.7. The second-order valence-electron chi connectivity index (χ2n) is 4.37. The summed E-state index contributed by atoms with van der Waals surface area (Å²) in [7, 11) is 0. The van der Waals surface area contributed by atoms with Gasteiger partial charge in [-0.3, -0.25) is 4.98 Å². The Hall–Kier alpha value is -1.30. The number of hydrogen-bond acceptors (Lipinski definition) is 3. The standard InChI is InChI=1S/C12H15F3N2O/c13-12(14,15)10-7-17-6-3-11(10)18-8-9-1-4-16-5-2-9/h3,6-7,9,16H,1-2,4-5,8H2. The average molecular weight is 260 g/mol. The van der Waals surface area contributed by atoms with Crippen molar-refractivity contribution in [3.63, 3.8) is 0 Å². The highest BCUT2D eigenvalue weighted by Gasteiger charge is 2.34. The molecule has 0 atom stereocenters. The Labute approximate surface area is 103 Å². The van der Waals surface area contributed by atoms with Crippen molar-refractivity contribution in [2.45, 2.75) is 19.0 Å². The van der Waals surface area contributed by atoms with Crippen LogP contribution in [0.25, 0.3) is 0 Å². The van der Waals surface area contributed by atoms with Crippen LogP contribution in [0.3, 0.4) is 0 Å². The third-order valence-corrected chi connectivity index (χ3v) is 3.02. The number of alkyl halides is 3. The van der Waals surface area contributed by atoms with E-state index in [9.17, 15) is 13.2 Å². The van der Waals surface area contributed by atoms with Gasteiger partial charge in [-0.1, -0.05) is 0 Å². The van der Waals surface area contributed by atoms with Gasteiger partial charge in [-0.2, -0.15) is 13.2 Å². The largest absolute Gasteiger partial charge is 0.493 e. The SMILES string of the molecule is FC(F)(F)c1cnccc1OCC1CCNCC1. The molecule has 1 fully saturated rings. The van der Waals surface area contributed by atoms with E-state index in [4.69, 9.17) is 4.74 Å². The minimum Gasteiger partial charge on any atom is -0.493 e. The lowest BCUT2D eigenvalue weighted by Crippen LogP contribution is -2.30. The third kappa shape index (κ3) is 3.35. The van der Waals surface area contributed by atoms with E-state index in [2.05, 4.69) is 10.3 Å². The number of piperidine rings is 1. The number of nitrogens with one attached hydrogen (secondary N) is 1. The zero-order valence-corrected chi connectivity index (χ0v) is 9.83. The quantitative estimate of drug-likeness (QED) is 0.906. The summed E-state index contributed by atoms with van der Waals surface area (Å²) < 4.78 is 43.4. The van der Waals surface area contributed by atoms with Gasteiger partial charge >= 0.3 is 6.18 Å². The Morgan fingerprint density at radius 3 is 2.72 bits per heavy atom. The predicted molar refractivity (Wildman–Crippen MR) is 60.3 cm³/mol. The molecule has 1 aromatic heterocycles. The van der Waals surface area contributed by atoms with Crippen LogP contribution in [0.5, 0.6) is 5.75 Å². The predicted octanol–water partition coefficient (Wildman–Crippen LogP) is 2.48. The molecule has 0 bridgehead atoms. The molecule has 1 N–H and O–H groups in total. The number of aromatic nitrogens is 1. The number of pyridine rings is 1. The second kappa shape index (κ2) is 5.56. The van der Waals surface area contributed by atoms with Crippen LogP contribution in [0.2, 0.25) is 0 Å². The van der Waals surface area contributed by atoms with Gasteiger partial charge in [0.1, 0.15) is 11.3 Å². The Bertz CT molecular complexity index is 389. The topological polar surface area (TPSA) is 34.1 Å². The van der Waals surface area contributed by atoms with Gasteiger partial charge in [-0.05, 0) is 37.9 Å². The molecule has 2 rings (SSSR count). The van der Waals surface area contributed by atoms with Crippen LogP contribution < -0.4 is 10.1 Å². The maximum atomic E-state index is 12.7. The van der Waals surface area contributed by atoms with Gasteiger partial charge in [0.15, 0.2) is 0 Å². The van der Waals surface area contributed by atoms with E-state index in [0.29, 0.717) is 12.5 Å². The van der Waals surface area contributed by atoms with Crippen LogP contribution in [0.1, 0.15) is 18.4 Å². The molecule has 1 aliphatic rings. The first-order valence-electron chi connectivity index (χ1n) is 5.92. The molecule has 1 aromatic rings. The van der Waals surface area contributed by atoms with E-state index >= 15 is 0 Å². The fourth-order valence-electron chi connectivity index (χ4n) is 1.98. The Balaban J connectivity index is 2.00. The van der Waals surface area contributed by atoms with Crippen molar-refractivity contribution in [1.82, 2.24) is 10.3 Å². The van der Waals surface area contributed by atoms with E-state index in [1.807, 2.05) is 0 Å². The second-order valence-corrected chi connectivity index (χ2v) is 4.37. The summed E-state index contributed by atoms with van der Waals surface area (Å²) >= 11 is 0. The van der Waals surface area contributed by atoms with Gasteiger partial charge in [-0.15, -0.1) is 0 Å². The Kier molecular flexibility index (Phi) is 4.06. The van der Waals surface area contributed by atoms with E-state index in [1.54, 1.807) is 0 Å². The number of ether oxygens (including phenoxy) is 1. The first kappa shape index (κ1) is 13.1. The minimum absolute atomic E-state index is 0.129. The summed E-state index contributed by atoms with van der Waals surface area (Å²) in [6.45, 7) is 2.13. The number of halogens is 3. The molecule has 1 aliphatic heterocycles. The summed E-state index contributed by atoms with van der Waals surface area (Å²) in [6.07, 6.45) is -0.429. The molecule has 3 nitrogen and oxygen atoms in total. The fourth-order valence-corrected chi connectivity index (χ4v) is 1.98. The van der Waals surface area contributed by atoms with Crippen molar-refractivity contribution < 1.29 is 17.9 Å². The van der Waals surface area contributed by atoms with E-state index in [-0.39, 0.29) is 5.75 Å². The molecule has 0 radical (unpaired) electrons. The molecule has 0 aliphatic carbocycles. The lowest BCUT2D eigenvalue weighted by molar-refractivity contribution is -0.139.